The number of carbonyl (C=O) groups excluding carboxylic acids is 2. The lowest BCUT2D eigenvalue weighted by molar-refractivity contribution is -0.141. The number of carboxylic acid groups (broad SMARTS) is 1. The van der Waals surface area contributed by atoms with Crippen molar-refractivity contribution < 1.29 is 19.5 Å². The van der Waals surface area contributed by atoms with Crippen LogP contribution in [0.4, 0.5) is 0 Å². The van der Waals surface area contributed by atoms with Crippen LogP contribution in [0.5, 0.6) is 0 Å². The number of ketones is 1. The van der Waals surface area contributed by atoms with Crippen LogP contribution in [0.25, 0.3) is 0 Å². The molecule has 1 amide bonds. The summed E-state index contributed by atoms with van der Waals surface area (Å²) in [6, 6.07) is -1.36. The maximum absolute atomic E-state index is 11.4. The number of hydrogen-bond acceptors (Lipinski definition) is 5. The Labute approximate surface area is 106 Å². The van der Waals surface area contributed by atoms with Crippen molar-refractivity contribution in [3.05, 3.63) is 0 Å². The second-order valence-corrected chi connectivity index (χ2v) is 4.00. The maximum atomic E-state index is 11.4. The Bertz CT molecular complexity index is 296. The first kappa shape index (κ1) is 15.9. The molecule has 0 heterocycles. The largest absolute Gasteiger partial charge is 0.480 e. The first-order valence-corrected chi connectivity index (χ1v) is 5.86. The van der Waals surface area contributed by atoms with Gasteiger partial charge in [0.1, 0.15) is 11.8 Å². The lowest BCUT2D eigenvalue weighted by Gasteiger charge is -2.14. The van der Waals surface area contributed by atoms with Crippen LogP contribution < -0.4 is 10.6 Å². The van der Waals surface area contributed by atoms with Gasteiger partial charge in [0.15, 0.2) is 0 Å². The SMILES string of the molecule is CN[C@@H](CCC(=O)N[C@@H](CS)C(=O)O)C(C)=O. The van der Waals surface area contributed by atoms with Crippen LogP contribution in [0.2, 0.25) is 0 Å². The van der Waals surface area contributed by atoms with Crippen LogP contribution in [0.3, 0.4) is 0 Å². The highest BCUT2D eigenvalue weighted by atomic mass is 32.1. The van der Waals surface area contributed by atoms with E-state index in [1.165, 1.54) is 6.92 Å². The molecule has 0 fully saturated rings. The first-order chi connectivity index (χ1) is 7.92. The van der Waals surface area contributed by atoms with Gasteiger partial charge >= 0.3 is 5.97 Å². The van der Waals surface area contributed by atoms with Crippen LogP contribution in [-0.2, 0) is 14.4 Å². The van der Waals surface area contributed by atoms with E-state index in [9.17, 15) is 14.4 Å². The monoisotopic (exact) mass is 262 g/mol. The fraction of sp³-hybridized carbons (Fsp3) is 0.700. The third-order valence-electron chi connectivity index (χ3n) is 2.32. The summed E-state index contributed by atoms with van der Waals surface area (Å²) in [4.78, 5) is 33.1. The Morgan fingerprint density at radius 1 is 1.29 bits per heavy atom. The second kappa shape index (κ2) is 8.08. The van der Waals surface area contributed by atoms with Gasteiger partial charge in [-0.15, -0.1) is 0 Å². The molecule has 0 saturated carbocycles. The van der Waals surface area contributed by atoms with Crippen molar-refractivity contribution in [3.63, 3.8) is 0 Å². The van der Waals surface area contributed by atoms with Crippen molar-refractivity contribution >= 4 is 30.3 Å². The van der Waals surface area contributed by atoms with Crippen molar-refractivity contribution in [2.75, 3.05) is 12.8 Å². The number of amides is 1. The zero-order valence-electron chi connectivity index (χ0n) is 9.90. The van der Waals surface area contributed by atoms with Gasteiger partial charge in [0.2, 0.25) is 5.91 Å². The van der Waals surface area contributed by atoms with Gasteiger partial charge in [-0.2, -0.15) is 12.6 Å². The molecule has 0 spiro atoms. The normalized spacial score (nSPS) is 13.8. The zero-order valence-corrected chi connectivity index (χ0v) is 10.8. The molecule has 0 saturated heterocycles. The van der Waals surface area contributed by atoms with E-state index in [2.05, 4.69) is 23.3 Å². The van der Waals surface area contributed by atoms with Gasteiger partial charge in [-0.25, -0.2) is 4.79 Å². The van der Waals surface area contributed by atoms with E-state index in [-0.39, 0.29) is 24.0 Å². The number of carboxylic acids is 1. The lowest BCUT2D eigenvalue weighted by Crippen LogP contribution is -2.43. The highest BCUT2D eigenvalue weighted by Crippen LogP contribution is 1.99. The molecule has 0 aromatic rings. The minimum absolute atomic E-state index is 0.0310. The molecule has 98 valence electrons. The number of thiol groups is 1. The summed E-state index contributed by atoms with van der Waals surface area (Å²) in [7, 11) is 1.64. The molecule has 0 rings (SSSR count). The van der Waals surface area contributed by atoms with E-state index in [1.54, 1.807) is 7.05 Å². The van der Waals surface area contributed by atoms with Crippen LogP contribution in [0, 0.1) is 0 Å². The summed E-state index contributed by atoms with van der Waals surface area (Å²) in [5, 5.41) is 13.8. The topological polar surface area (TPSA) is 95.5 Å². The summed E-state index contributed by atoms with van der Waals surface area (Å²) < 4.78 is 0. The predicted molar refractivity (Wildman–Crippen MR) is 66.2 cm³/mol. The zero-order chi connectivity index (χ0) is 13.4. The minimum Gasteiger partial charge on any atom is -0.480 e. The number of hydrogen-bond donors (Lipinski definition) is 4. The molecule has 2 atom stereocenters. The van der Waals surface area contributed by atoms with E-state index in [0.717, 1.165) is 0 Å². The fourth-order valence-electron chi connectivity index (χ4n) is 1.28. The van der Waals surface area contributed by atoms with Crippen LogP contribution >= 0.6 is 12.6 Å². The number of likely N-dealkylation sites (N-methyl/N-ethyl adjacent to an activating group) is 1. The van der Waals surface area contributed by atoms with E-state index in [4.69, 9.17) is 5.11 Å². The highest BCUT2D eigenvalue weighted by Gasteiger charge is 2.19. The molecule has 0 unspecified atom stereocenters. The average Bonchev–Trinajstić information content (AvgIpc) is 2.25. The number of nitrogens with one attached hydrogen (secondary N) is 2. The van der Waals surface area contributed by atoms with Crippen LogP contribution in [-0.4, -0.2) is 47.7 Å². The molecular formula is C10H18N2O4S. The first-order valence-electron chi connectivity index (χ1n) is 5.23. The molecule has 0 radical (unpaired) electrons. The van der Waals surface area contributed by atoms with Crippen molar-refractivity contribution in [1.82, 2.24) is 10.6 Å². The van der Waals surface area contributed by atoms with Crippen molar-refractivity contribution in [2.45, 2.75) is 31.8 Å². The van der Waals surface area contributed by atoms with Gasteiger partial charge in [0.25, 0.3) is 0 Å². The maximum Gasteiger partial charge on any atom is 0.327 e. The van der Waals surface area contributed by atoms with Crippen molar-refractivity contribution in [3.8, 4) is 0 Å². The summed E-state index contributed by atoms with van der Waals surface area (Å²) in [6.07, 6.45) is 0.444. The summed E-state index contributed by atoms with van der Waals surface area (Å²) >= 11 is 3.83. The Balaban J connectivity index is 4.10. The van der Waals surface area contributed by atoms with E-state index < -0.39 is 17.9 Å². The molecule has 0 aromatic carbocycles. The van der Waals surface area contributed by atoms with Gasteiger partial charge in [0.05, 0.1) is 6.04 Å². The van der Waals surface area contributed by atoms with E-state index >= 15 is 0 Å². The summed E-state index contributed by atoms with van der Waals surface area (Å²) in [5.74, 6) is -1.54. The van der Waals surface area contributed by atoms with Crippen LogP contribution in [0.1, 0.15) is 19.8 Å². The quantitative estimate of drug-likeness (QED) is 0.440. The molecule has 6 nitrogen and oxygen atoms in total. The Hall–Kier alpha value is -1.08. The Morgan fingerprint density at radius 2 is 1.88 bits per heavy atom. The number of aliphatic carboxylic acids is 1. The second-order valence-electron chi connectivity index (χ2n) is 3.63. The molecule has 0 aromatic heterocycles. The molecule has 0 aliphatic rings. The fourth-order valence-corrected chi connectivity index (χ4v) is 1.53. The standard InChI is InChI=1S/C10H18N2O4S/c1-6(13)7(11-2)3-4-9(14)12-8(5-17)10(15)16/h7-8,11,17H,3-5H2,1-2H3,(H,12,14)(H,15,16)/t7-,8-/m0/s1. The van der Waals surface area contributed by atoms with Crippen molar-refractivity contribution in [2.24, 2.45) is 0 Å². The van der Waals surface area contributed by atoms with Gasteiger partial charge in [-0.1, -0.05) is 0 Å². The molecule has 0 aliphatic heterocycles. The third-order valence-corrected chi connectivity index (χ3v) is 2.68. The third kappa shape index (κ3) is 6.28. The van der Waals surface area contributed by atoms with Crippen LogP contribution in [0.15, 0.2) is 0 Å². The van der Waals surface area contributed by atoms with Gasteiger partial charge in [-0.3, -0.25) is 9.59 Å². The van der Waals surface area contributed by atoms with Gasteiger partial charge < -0.3 is 15.7 Å². The molecule has 17 heavy (non-hydrogen) atoms. The van der Waals surface area contributed by atoms with Crippen molar-refractivity contribution in [1.29, 1.82) is 0 Å². The molecular weight excluding hydrogens is 244 g/mol. The minimum atomic E-state index is -1.12. The molecule has 0 bridgehead atoms. The summed E-state index contributed by atoms with van der Waals surface area (Å²) in [5.41, 5.74) is 0. The van der Waals surface area contributed by atoms with Gasteiger partial charge in [0, 0.05) is 12.2 Å². The molecule has 0 aliphatic carbocycles. The van der Waals surface area contributed by atoms with E-state index in [1.807, 2.05) is 0 Å². The number of Topliss-reactive ketones (excluding diaryl/α,β-unsaturated/α-hetero) is 1. The molecule has 3 N–H and O–H groups in total. The van der Waals surface area contributed by atoms with E-state index in [0.29, 0.717) is 6.42 Å². The Kier molecular flexibility index (Phi) is 7.56. The van der Waals surface area contributed by atoms with Gasteiger partial charge in [-0.05, 0) is 20.4 Å². The number of rotatable bonds is 8. The highest BCUT2D eigenvalue weighted by molar-refractivity contribution is 7.80. The average molecular weight is 262 g/mol. The lowest BCUT2D eigenvalue weighted by atomic mass is 10.1. The molecule has 7 heteroatoms. The predicted octanol–water partition coefficient (Wildman–Crippen LogP) is -0.557. The number of carbonyl (C=O) groups is 3. The summed E-state index contributed by atoms with van der Waals surface area (Å²) in [6.45, 7) is 1.44. The smallest absolute Gasteiger partial charge is 0.327 e. The Morgan fingerprint density at radius 3 is 2.24 bits per heavy atom.